The summed E-state index contributed by atoms with van der Waals surface area (Å²) in [6.07, 6.45) is 0. The fourth-order valence-corrected chi connectivity index (χ4v) is 5.07. The van der Waals surface area contributed by atoms with E-state index in [1.54, 1.807) is 31.3 Å². The monoisotopic (exact) mass is 548 g/mol. The molecular formula is C32H28N4O5. The van der Waals surface area contributed by atoms with Crippen LogP contribution < -0.4 is 19.8 Å². The van der Waals surface area contributed by atoms with E-state index < -0.39 is 0 Å². The minimum Gasteiger partial charge on any atom is -0.493 e. The number of pyridine rings is 1. The zero-order valence-electron chi connectivity index (χ0n) is 22.7. The molecular weight excluding hydrogens is 520 g/mol. The Morgan fingerprint density at radius 1 is 0.902 bits per heavy atom. The van der Waals surface area contributed by atoms with Gasteiger partial charge in [-0.3, -0.25) is 9.59 Å². The predicted molar refractivity (Wildman–Crippen MR) is 155 cm³/mol. The highest BCUT2D eigenvalue weighted by Gasteiger charge is 2.25. The summed E-state index contributed by atoms with van der Waals surface area (Å²) < 4.78 is 18.2. The zero-order chi connectivity index (χ0) is 28.3. The van der Waals surface area contributed by atoms with Gasteiger partial charge in [0.1, 0.15) is 13.2 Å². The van der Waals surface area contributed by atoms with E-state index in [9.17, 15) is 9.59 Å². The van der Waals surface area contributed by atoms with Crippen molar-refractivity contribution in [3.05, 3.63) is 101 Å². The molecule has 0 fully saturated rings. The Kier molecular flexibility index (Phi) is 7.08. The van der Waals surface area contributed by atoms with Gasteiger partial charge in [-0.05, 0) is 24.3 Å². The molecule has 0 radical (unpaired) electrons. The number of hydrogen-bond donors (Lipinski definition) is 0. The summed E-state index contributed by atoms with van der Waals surface area (Å²) in [6.45, 7) is 0.696. The van der Waals surface area contributed by atoms with E-state index in [0.29, 0.717) is 40.7 Å². The number of methoxy groups -OCH3 is 2. The second-order valence-electron chi connectivity index (χ2n) is 9.62. The zero-order valence-corrected chi connectivity index (χ0v) is 22.7. The third-order valence-corrected chi connectivity index (χ3v) is 7.10. The highest BCUT2D eigenvalue weighted by molar-refractivity contribution is 5.93. The molecule has 0 aliphatic carbocycles. The van der Waals surface area contributed by atoms with Gasteiger partial charge in [0.05, 0.1) is 37.5 Å². The highest BCUT2D eigenvalue weighted by Crippen LogP contribution is 2.38. The van der Waals surface area contributed by atoms with E-state index in [-0.39, 0.29) is 31.2 Å². The lowest BCUT2D eigenvalue weighted by atomic mass is 10.0. The first kappa shape index (κ1) is 26.1. The molecule has 206 valence electrons. The van der Waals surface area contributed by atoms with Crippen molar-refractivity contribution in [1.82, 2.24) is 19.7 Å². The van der Waals surface area contributed by atoms with Crippen molar-refractivity contribution < 1.29 is 19.0 Å². The molecule has 3 aromatic carbocycles. The summed E-state index contributed by atoms with van der Waals surface area (Å²) >= 11 is 0. The topological polar surface area (TPSA) is 95.8 Å². The average Bonchev–Trinajstić information content (AvgIpc) is 3.25. The van der Waals surface area contributed by atoms with E-state index in [1.165, 1.54) is 4.68 Å². The number of rotatable bonds is 6. The molecule has 9 heteroatoms. The van der Waals surface area contributed by atoms with E-state index >= 15 is 0 Å². The summed E-state index contributed by atoms with van der Waals surface area (Å²) in [5.41, 5.74) is 3.49. The number of ether oxygens (including phenoxy) is 3. The van der Waals surface area contributed by atoms with Gasteiger partial charge >= 0.3 is 0 Å². The van der Waals surface area contributed by atoms with Crippen molar-refractivity contribution in [2.75, 3.05) is 27.4 Å². The molecule has 5 aromatic rings. The molecule has 1 aliphatic heterocycles. The van der Waals surface area contributed by atoms with Crippen LogP contribution in [-0.2, 0) is 17.9 Å². The summed E-state index contributed by atoms with van der Waals surface area (Å²) in [7, 11) is 3.15. The van der Waals surface area contributed by atoms with Gasteiger partial charge in [0.2, 0.25) is 11.8 Å². The number of hydrogen-bond acceptors (Lipinski definition) is 7. The molecule has 3 heterocycles. The third kappa shape index (κ3) is 5.09. The van der Waals surface area contributed by atoms with Crippen LogP contribution in [0.4, 0.5) is 0 Å². The minimum atomic E-state index is -0.312. The minimum absolute atomic E-state index is 0.201. The number of carbonyl (C=O) groups is 1. The molecule has 0 unspecified atom stereocenters. The lowest BCUT2D eigenvalue weighted by Crippen LogP contribution is -2.38. The Hall–Kier alpha value is -5.18. The fourth-order valence-electron chi connectivity index (χ4n) is 5.07. The van der Waals surface area contributed by atoms with E-state index in [1.807, 2.05) is 72.8 Å². The number of carbonyl (C=O) groups excluding carboxylic acids is 1. The van der Waals surface area contributed by atoms with Gasteiger partial charge in [-0.25, -0.2) is 9.67 Å². The van der Waals surface area contributed by atoms with Crippen LogP contribution in [0.5, 0.6) is 17.4 Å². The molecule has 0 saturated heterocycles. The number of aromatic nitrogens is 3. The van der Waals surface area contributed by atoms with Gasteiger partial charge in [-0.1, -0.05) is 54.6 Å². The van der Waals surface area contributed by atoms with Crippen LogP contribution in [0.2, 0.25) is 0 Å². The van der Waals surface area contributed by atoms with Crippen molar-refractivity contribution >= 4 is 16.7 Å². The second kappa shape index (κ2) is 11.1. The van der Waals surface area contributed by atoms with Crippen LogP contribution >= 0.6 is 0 Å². The average molecular weight is 549 g/mol. The van der Waals surface area contributed by atoms with E-state index in [2.05, 4.69) is 10.1 Å². The fraction of sp³-hybridized carbons (Fsp3) is 0.188. The van der Waals surface area contributed by atoms with Crippen LogP contribution in [0.25, 0.3) is 33.3 Å². The predicted octanol–water partition coefficient (Wildman–Crippen LogP) is 4.56. The molecule has 2 aromatic heterocycles. The molecule has 0 N–H and O–H groups in total. The summed E-state index contributed by atoms with van der Waals surface area (Å²) in [4.78, 5) is 33.3. The van der Waals surface area contributed by atoms with Gasteiger partial charge in [-0.15, -0.1) is 0 Å². The van der Waals surface area contributed by atoms with Crippen LogP contribution in [0, 0.1) is 0 Å². The number of fused-ring (bicyclic) bond motifs is 2. The van der Waals surface area contributed by atoms with Crippen LogP contribution in [0.3, 0.4) is 0 Å². The Balaban J connectivity index is 1.34. The lowest BCUT2D eigenvalue weighted by Gasteiger charge is -2.21. The molecule has 9 nitrogen and oxygen atoms in total. The number of amides is 1. The van der Waals surface area contributed by atoms with Crippen molar-refractivity contribution in [3.8, 4) is 39.9 Å². The number of benzene rings is 3. The van der Waals surface area contributed by atoms with Crippen LogP contribution in [-0.4, -0.2) is 52.9 Å². The third-order valence-electron chi connectivity index (χ3n) is 7.10. The maximum atomic E-state index is 13.7. The maximum Gasteiger partial charge on any atom is 0.275 e. The van der Waals surface area contributed by atoms with Gasteiger partial charge in [0.25, 0.3) is 5.56 Å². The SMILES string of the molecule is COc1cccc(-c2cc3c(c(OC)c2)OCCN(C(=O)Cn2nc(-c4ccccc4)c4ccccc4c2=O)C3)n1. The molecule has 1 amide bonds. The van der Waals surface area contributed by atoms with Crippen molar-refractivity contribution in [2.24, 2.45) is 0 Å². The Labute approximate surface area is 236 Å². The maximum absolute atomic E-state index is 13.7. The van der Waals surface area contributed by atoms with Crippen LogP contribution in [0.1, 0.15) is 5.56 Å². The lowest BCUT2D eigenvalue weighted by molar-refractivity contribution is -0.132. The van der Waals surface area contributed by atoms with Gasteiger partial charge in [0.15, 0.2) is 11.5 Å². The highest BCUT2D eigenvalue weighted by atomic mass is 16.5. The number of nitrogens with zero attached hydrogens (tertiary/aromatic N) is 4. The second-order valence-corrected chi connectivity index (χ2v) is 9.62. The molecule has 0 bridgehead atoms. The van der Waals surface area contributed by atoms with Gasteiger partial charge in [-0.2, -0.15) is 5.10 Å². The molecule has 1 aliphatic rings. The molecule has 6 rings (SSSR count). The van der Waals surface area contributed by atoms with Crippen molar-refractivity contribution in [2.45, 2.75) is 13.1 Å². The van der Waals surface area contributed by atoms with Gasteiger partial charge < -0.3 is 19.1 Å². The summed E-state index contributed by atoms with van der Waals surface area (Å²) in [5.74, 6) is 1.39. The molecule has 0 atom stereocenters. The smallest absolute Gasteiger partial charge is 0.275 e. The van der Waals surface area contributed by atoms with E-state index in [4.69, 9.17) is 14.2 Å². The van der Waals surface area contributed by atoms with Gasteiger partial charge in [0, 0.05) is 34.7 Å². The quantitative estimate of drug-likeness (QED) is 0.307. The summed E-state index contributed by atoms with van der Waals surface area (Å²) in [5, 5.41) is 5.91. The standard InChI is InChI=1S/C32H28N4O5/c1-39-27-18-22(26-13-8-14-28(33-26)40-2)17-23-19-35(15-16-41-31(23)27)29(37)20-36-32(38)25-12-7-6-11-24(25)30(34-36)21-9-4-3-5-10-21/h3-14,17-18H,15-16,19-20H2,1-2H3. The first-order valence-corrected chi connectivity index (χ1v) is 13.2. The Bertz CT molecular complexity index is 1800. The van der Waals surface area contributed by atoms with Crippen molar-refractivity contribution in [1.29, 1.82) is 0 Å². The Morgan fingerprint density at radius 2 is 1.68 bits per heavy atom. The first-order chi connectivity index (χ1) is 20.1. The molecule has 0 saturated carbocycles. The van der Waals surface area contributed by atoms with E-state index in [0.717, 1.165) is 22.1 Å². The molecule has 41 heavy (non-hydrogen) atoms. The first-order valence-electron chi connectivity index (χ1n) is 13.2. The summed E-state index contributed by atoms with van der Waals surface area (Å²) in [6, 6.07) is 26.3. The molecule has 0 spiro atoms. The van der Waals surface area contributed by atoms with Crippen molar-refractivity contribution in [3.63, 3.8) is 0 Å². The Morgan fingerprint density at radius 3 is 2.46 bits per heavy atom. The van der Waals surface area contributed by atoms with Crippen LogP contribution in [0.15, 0.2) is 89.7 Å². The largest absolute Gasteiger partial charge is 0.493 e. The normalized spacial score (nSPS) is 12.8.